The Morgan fingerprint density at radius 3 is 1.80 bits per heavy atom. The summed E-state index contributed by atoms with van der Waals surface area (Å²) in [5.41, 5.74) is 1.88. The molecule has 4 heteroatoms. The van der Waals surface area contributed by atoms with E-state index in [1.54, 1.807) is 12.1 Å². The van der Waals surface area contributed by atoms with Gasteiger partial charge in [0.2, 0.25) is 0 Å². The average Bonchev–Trinajstić information content (AvgIpc) is 2.49. The first kappa shape index (κ1) is 17.1. The monoisotopic (exact) mass is 398 g/mol. The van der Waals surface area contributed by atoms with Gasteiger partial charge in [0.1, 0.15) is 6.10 Å². The predicted molar refractivity (Wildman–Crippen MR) is 90.4 cm³/mol. The summed E-state index contributed by atoms with van der Waals surface area (Å²) in [7, 11) is 0. The molecule has 0 aromatic heterocycles. The number of aliphatic hydroxyl groups excluding tert-OH is 2. The highest BCUT2D eigenvalue weighted by atomic mass is 79.9. The van der Waals surface area contributed by atoms with Crippen molar-refractivity contribution in [3.8, 4) is 0 Å². The molecule has 0 radical (unpaired) electrons. The average molecular weight is 400 g/mol. The van der Waals surface area contributed by atoms with Crippen LogP contribution in [0.3, 0.4) is 0 Å². The Hall–Kier alpha value is -0.940. The highest BCUT2D eigenvalue weighted by Gasteiger charge is 2.03. The number of hydrogen-bond acceptors (Lipinski definition) is 2. The van der Waals surface area contributed by atoms with Crippen molar-refractivity contribution in [1.82, 2.24) is 0 Å². The van der Waals surface area contributed by atoms with Gasteiger partial charge < -0.3 is 10.2 Å². The molecule has 2 rings (SSSR count). The van der Waals surface area contributed by atoms with Crippen LogP contribution >= 0.6 is 31.9 Å². The van der Waals surface area contributed by atoms with Crippen LogP contribution in [-0.2, 0) is 0 Å². The summed E-state index contributed by atoms with van der Waals surface area (Å²) in [6.45, 7) is 3.41. The fraction of sp³-hybridized carbons (Fsp3) is 0.125. The molecule has 0 aliphatic carbocycles. The third-order valence-electron chi connectivity index (χ3n) is 2.53. The maximum absolute atomic E-state index is 9.15. The van der Waals surface area contributed by atoms with Gasteiger partial charge in [0.05, 0.1) is 6.61 Å². The van der Waals surface area contributed by atoms with Gasteiger partial charge in [0.25, 0.3) is 0 Å². The van der Waals surface area contributed by atoms with Crippen molar-refractivity contribution in [1.29, 1.82) is 0 Å². The molecule has 1 unspecified atom stereocenters. The summed E-state index contributed by atoms with van der Waals surface area (Å²) in [6.07, 6.45) is 1.06. The lowest BCUT2D eigenvalue weighted by Gasteiger charge is -2.06. The second kappa shape index (κ2) is 9.08. The van der Waals surface area contributed by atoms with Gasteiger partial charge in [-0.25, -0.2) is 0 Å². The fourth-order valence-electron chi connectivity index (χ4n) is 1.39. The normalized spacial score (nSPS) is 11.2. The van der Waals surface area contributed by atoms with Gasteiger partial charge >= 0.3 is 0 Å². The van der Waals surface area contributed by atoms with Gasteiger partial charge in [-0.1, -0.05) is 68.8 Å². The Morgan fingerprint density at radius 2 is 1.40 bits per heavy atom. The first-order valence-electron chi connectivity index (χ1n) is 5.99. The van der Waals surface area contributed by atoms with Gasteiger partial charge in [0.15, 0.2) is 0 Å². The molecule has 2 nitrogen and oxygen atoms in total. The Balaban J connectivity index is 0.000000204. The Bertz CT molecular complexity index is 521. The summed E-state index contributed by atoms with van der Waals surface area (Å²) in [5, 5.41) is 17.8. The zero-order valence-electron chi connectivity index (χ0n) is 10.8. The van der Waals surface area contributed by atoms with E-state index in [0.29, 0.717) is 0 Å². The highest BCUT2D eigenvalue weighted by Crippen LogP contribution is 2.15. The topological polar surface area (TPSA) is 40.5 Å². The third kappa shape index (κ3) is 6.01. The molecule has 0 aliphatic rings. The highest BCUT2D eigenvalue weighted by molar-refractivity contribution is 9.10. The predicted octanol–water partition coefficient (Wildman–Crippen LogP) is 4.57. The largest absolute Gasteiger partial charge is 0.393 e. The van der Waals surface area contributed by atoms with Crippen molar-refractivity contribution in [3.05, 3.63) is 75.2 Å². The van der Waals surface area contributed by atoms with Crippen LogP contribution in [0.1, 0.15) is 17.2 Å². The minimum Gasteiger partial charge on any atom is -0.393 e. The van der Waals surface area contributed by atoms with Gasteiger partial charge in [-0.05, 0) is 35.4 Å². The molecule has 2 aromatic carbocycles. The zero-order valence-corrected chi connectivity index (χ0v) is 14.0. The molecule has 0 spiro atoms. The molecular formula is C16H16Br2O2. The summed E-state index contributed by atoms with van der Waals surface area (Å²) < 4.78 is 2.07. The van der Waals surface area contributed by atoms with Crippen molar-refractivity contribution < 1.29 is 10.2 Å². The van der Waals surface area contributed by atoms with E-state index in [9.17, 15) is 0 Å². The van der Waals surface area contributed by atoms with Gasteiger partial charge in [-0.2, -0.15) is 0 Å². The molecule has 1 atom stereocenters. The molecule has 0 aliphatic heterocycles. The lowest BCUT2D eigenvalue weighted by molar-refractivity contribution is 0.0956. The van der Waals surface area contributed by atoms with Crippen LogP contribution in [0.5, 0.6) is 0 Å². The molecule has 0 bridgehead atoms. The van der Waals surface area contributed by atoms with Crippen LogP contribution in [0.2, 0.25) is 0 Å². The minimum absolute atomic E-state index is 0.234. The lowest BCUT2D eigenvalue weighted by Crippen LogP contribution is -2.01. The van der Waals surface area contributed by atoms with Crippen LogP contribution in [0.4, 0.5) is 0 Å². The summed E-state index contributed by atoms with van der Waals surface area (Å²) in [4.78, 5) is 0. The maximum atomic E-state index is 9.15. The van der Waals surface area contributed by atoms with Crippen LogP contribution in [0.15, 0.2) is 64.1 Å². The number of halogens is 2. The first-order chi connectivity index (χ1) is 9.56. The SMILES string of the molecule is C=Cc1ccc(Br)cc1.OCC(O)c1ccc(Br)cc1. The number of hydrogen-bond donors (Lipinski definition) is 2. The molecular weight excluding hydrogens is 384 g/mol. The molecule has 2 aromatic rings. The Labute approximate surface area is 136 Å². The van der Waals surface area contributed by atoms with E-state index in [4.69, 9.17) is 10.2 Å². The zero-order chi connectivity index (χ0) is 15.0. The van der Waals surface area contributed by atoms with E-state index in [1.807, 2.05) is 42.5 Å². The number of benzene rings is 2. The van der Waals surface area contributed by atoms with Gasteiger partial charge in [-0.15, -0.1) is 0 Å². The van der Waals surface area contributed by atoms with Crippen molar-refractivity contribution in [2.75, 3.05) is 6.61 Å². The Morgan fingerprint density at radius 1 is 0.950 bits per heavy atom. The molecule has 0 saturated carbocycles. The fourth-order valence-corrected chi connectivity index (χ4v) is 1.92. The molecule has 0 amide bonds. The summed E-state index contributed by atoms with van der Waals surface area (Å²) >= 11 is 6.61. The second-order valence-corrected chi connectivity index (χ2v) is 5.84. The lowest BCUT2D eigenvalue weighted by atomic mass is 10.1. The molecule has 0 saturated heterocycles. The van der Waals surface area contributed by atoms with E-state index in [-0.39, 0.29) is 6.61 Å². The third-order valence-corrected chi connectivity index (χ3v) is 3.59. The van der Waals surface area contributed by atoms with Crippen LogP contribution in [0, 0.1) is 0 Å². The molecule has 0 heterocycles. The minimum atomic E-state index is -0.761. The Kier molecular flexibility index (Phi) is 7.77. The van der Waals surface area contributed by atoms with E-state index >= 15 is 0 Å². The van der Waals surface area contributed by atoms with Crippen molar-refractivity contribution in [2.45, 2.75) is 6.10 Å². The van der Waals surface area contributed by atoms with Gasteiger partial charge in [0, 0.05) is 8.95 Å². The number of aliphatic hydroxyl groups is 2. The number of rotatable bonds is 3. The van der Waals surface area contributed by atoms with E-state index < -0.39 is 6.10 Å². The standard InChI is InChI=1S/C8H9BrO2.C8H7Br/c9-7-3-1-6(2-4-7)8(11)5-10;1-2-7-3-5-8(9)6-4-7/h1-4,8,10-11H,5H2;2-6H,1H2. The van der Waals surface area contributed by atoms with Crippen molar-refractivity contribution >= 4 is 37.9 Å². The smallest absolute Gasteiger partial charge is 0.102 e. The van der Waals surface area contributed by atoms with E-state index in [1.165, 1.54) is 0 Å². The first-order valence-corrected chi connectivity index (χ1v) is 7.57. The summed E-state index contributed by atoms with van der Waals surface area (Å²) in [6, 6.07) is 15.2. The second-order valence-electron chi connectivity index (χ2n) is 4.01. The van der Waals surface area contributed by atoms with E-state index in [0.717, 1.165) is 20.1 Å². The van der Waals surface area contributed by atoms with Crippen LogP contribution < -0.4 is 0 Å². The van der Waals surface area contributed by atoms with Crippen LogP contribution in [-0.4, -0.2) is 16.8 Å². The quantitative estimate of drug-likeness (QED) is 0.793. The molecule has 2 N–H and O–H groups in total. The van der Waals surface area contributed by atoms with Crippen molar-refractivity contribution in [3.63, 3.8) is 0 Å². The molecule has 106 valence electrons. The molecule has 0 fully saturated rings. The van der Waals surface area contributed by atoms with E-state index in [2.05, 4.69) is 38.4 Å². The van der Waals surface area contributed by atoms with Crippen molar-refractivity contribution in [2.24, 2.45) is 0 Å². The van der Waals surface area contributed by atoms with Crippen LogP contribution in [0.25, 0.3) is 6.08 Å². The molecule has 20 heavy (non-hydrogen) atoms. The summed E-state index contributed by atoms with van der Waals surface area (Å²) in [5.74, 6) is 0. The maximum Gasteiger partial charge on any atom is 0.102 e. The van der Waals surface area contributed by atoms with Gasteiger partial charge in [-0.3, -0.25) is 0 Å².